The van der Waals surface area contributed by atoms with Crippen LogP contribution in [-0.4, -0.2) is 22.1 Å². The van der Waals surface area contributed by atoms with E-state index in [1.165, 1.54) is 23.2 Å². The lowest BCUT2D eigenvalue weighted by Gasteiger charge is -2.04. The van der Waals surface area contributed by atoms with Crippen molar-refractivity contribution in [3.8, 4) is 0 Å². The quantitative estimate of drug-likeness (QED) is 0.555. The number of nitrogens with two attached hydrogens (primary N) is 1. The Hall–Kier alpha value is -2.80. The normalized spacial score (nSPS) is 11.5. The molecule has 0 aliphatic carbocycles. The highest BCUT2D eigenvalue weighted by Gasteiger charge is 2.17. The molecular weight excluding hydrogens is 334 g/mol. The number of amides is 1. The van der Waals surface area contributed by atoms with E-state index in [-0.39, 0.29) is 5.91 Å². The van der Waals surface area contributed by atoms with Gasteiger partial charge in [0.25, 0.3) is 5.91 Å². The Balaban J connectivity index is 1.74. The second-order valence-electron chi connectivity index (χ2n) is 6.02. The number of aryl methyl sites for hydroxylation is 1. The van der Waals surface area contributed by atoms with Gasteiger partial charge in [-0.05, 0) is 29.5 Å². The monoisotopic (exact) mass is 353 g/mol. The predicted molar refractivity (Wildman–Crippen MR) is 102 cm³/mol. The van der Waals surface area contributed by atoms with E-state index in [4.69, 9.17) is 5.73 Å². The van der Waals surface area contributed by atoms with Crippen molar-refractivity contribution >= 4 is 39.5 Å². The van der Waals surface area contributed by atoms with Crippen molar-refractivity contribution in [3.05, 3.63) is 52.2 Å². The van der Waals surface area contributed by atoms with Crippen molar-refractivity contribution in [3.63, 3.8) is 0 Å². The molecule has 3 N–H and O–H groups in total. The average molecular weight is 353 g/mol. The summed E-state index contributed by atoms with van der Waals surface area (Å²) in [6.07, 6.45) is 3.02. The summed E-state index contributed by atoms with van der Waals surface area (Å²) < 4.78 is 0. The van der Waals surface area contributed by atoms with Crippen LogP contribution in [0.1, 0.15) is 46.1 Å². The van der Waals surface area contributed by atoms with Crippen LogP contribution in [-0.2, 0) is 0 Å². The van der Waals surface area contributed by atoms with Gasteiger partial charge in [0, 0.05) is 0 Å². The van der Waals surface area contributed by atoms with Gasteiger partial charge in [0.2, 0.25) is 0 Å². The molecule has 1 aromatic carbocycles. The number of nitrogens with zero attached hydrogens (tertiary/aromatic N) is 3. The largest absolute Gasteiger partial charge is 0.383 e. The van der Waals surface area contributed by atoms with Crippen molar-refractivity contribution in [2.24, 2.45) is 5.10 Å². The molecule has 0 saturated carbocycles. The molecule has 128 valence electrons. The van der Waals surface area contributed by atoms with Gasteiger partial charge in [-0.3, -0.25) is 4.79 Å². The molecule has 7 heteroatoms. The standard InChI is InChI=1S/C18H19N5OS/c1-10(2)13-6-4-12(5-7-13)8-22-23-17(24)15-11(3)14-16(19)20-9-21-18(14)25-15/h4-10H,1-3H3,(H,23,24)(H2,19,20,21)/b22-8-. The molecular formula is C18H19N5OS. The summed E-state index contributed by atoms with van der Waals surface area (Å²) in [5, 5.41) is 4.77. The second kappa shape index (κ2) is 6.98. The molecule has 3 rings (SSSR count). The number of benzene rings is 1. The number of thiophene rings is 1. The van der Waals surface area contributed by atoms with Gasteiger partial charge in [-0.25, -0.2) is 15.4 Å². The minimum Gasteiger partial charge on any atom is -0.383 e. The van der Waals surface area contributed by atoms with Crippen molar-refractivity contribution in [2.45, 2.75) is 26.7 Å². The number of fused-ring (bicyclic) bond motifs is 1. The van der Waals surface area contributed by atoms with Crippen LogP contribution in [0.5, 0.6) is 0 Å². The molecule has 0 unspecified atom stereocenters. The van der Waals surface area contributed by atoms with Gasteiger partial charge < -0.3 is 5.73 Å². The van der Waals surface area contributed by atoms with Gasteiger partial charge in [0.05, 0.1) is 16.5 Å². The van der Waals surface area contributed by atoms with Crippen LogP contribution in [0.2, 0.25) is 0 Å². The summed E-state index contributed by atoms with van der Waals surface area (Å²) in [5.41, 5.74) is 11.4. The summed E-state index contributed by atoms with van der Waals surface area (Å²) in [7, 11) is 0. The highest BCUT2D eigenvalue weighted by atomic mass is 32.1. The predicted octanol–water partition coefficient (Wildman–Crippen LogP) is 3.47. The summed E-state index contributed by atoms with van der Waals surface area (Å²) in [4.78, 5) is 21.7. The molecule has 0 fully saturated rings. The smallest absolute Gasteiger partial charge is 0.281 e. The van der Waals surface area contributed by atoms with Crippen LogP contribution in [0.4, 0.5) is 5.82 Å². The van der Waals surface area contributed by atoms with Crippen LogP contribution >= 0.6 is 11.3 Å². The van der Waals surface area contributed by atoms with E-state index in [2.05, 4.69) is 46.5 Å². The molecule has 6 nitrogen and oxygen atoms in total. The summed E-state index contributed by atoms with van der Waals surface area (Å²) in [5.74, 6) is 0.582. The van der Waals surface area contributed by atoms with E-state index in [9.17, 15) is 4.79 Å². The van der Waals surface area contributed by atoms with E-state index in [1.807, 2.05) is 19.1 Å². The Kier molecular flexibility index (Phi) is 4.76. The molecule has 2 aromatic heterocycles. The molecule has 3 aromatic rings. The zero-order valence-electron chi connectivity index (χ0n) is 14.3. The van der Waals surface area contributed by atoms with E-state index < -0.39 is 0 Å². The maximum Gasteiger partial charge on any atom is 0.281 e. The minimum atomic E-state index is -0.282. The average Bonchev–Trinajstić information content (AvgIpc) is 2.93. The van der Waals surface area contributed by atoms with Gasteiger partial charge in [-0.1, -0.05) is 38.1 Å². The fraction of sp³-hybridized carbons (Fsp3) is 0.222. The summed E-state index contributed by atoms with van der Waals surface area (Å²) >= 11 is 1.28. The number of carbonyl (C=O) groups is 1. The lowest BCUT2D eigenvalue weighted by molar-refractivity contribution is 0.0958. The third-order valence-electron chi connectivity index (χ3n) is 3.95. The zero-order valence-corrected chi connectivity index (χ0v) is 15.1. The Morgan fingerprint density at radius 1 is 1.28 bits per heavy atom. The Morgan fingerprint density at radius 3 is 2.64 bits per heavy atom. The molecule has 0 radical (unpaired) electrons. The SMILES string of the molecule is Cc1c(C(=O)N/N=C\c2ccc(C(C)C)cc2)sc2ncnc(N)c12. The maximum absolute atomic E-state index is 12.4. The van der Waals surface area contributed by atoms with Crippen LogP contribution in [0.15, 0.2) is 35.7 Å². The number of aromatic nitrogens is 2. The summed E-state index contributed by atoms with van der Waals surface area (Å²) in [6.45, 7) is 6.13. The van der Waals surface area contributed by atoms with Gasteiger partial charge in [-0.2, -0.15) is 5.10 Å². The van der Waals surface area contributed by atoms with Crippen LogP contribution in [0.3, 0.4) is 0 Å². The number of nitrogen functional groups attached to an aromatic ring is 1. The van der Waals surface area contributed by atoms with E-state index >= 15 is 0 Å². The van der Waals surface area contributed by atoms with Crippen LogP contribution in [0, 0.1) is 6.92 Å². The first-order chi connectivity index (χ1) is 12.0. The number of hydrazone groups is 1. The first kappa shape index (κ1) is 17.0. The van der Waals surface area contributed by atoms with Gasteiger partial charge in [0.15, 0.2) is 0 Å². The Morgan fingerprint density at radius 2 is 2.00 bits per heavy atom. The highest BCUT2D eigenvalue weighted by Crippen LogP contribution is 2.31. The molecule has 0 aliphatic heterocycles. The molecule has 0 aliphatic rings. The third kappa shape index (κ3) is 3.51. The van der Waals surface area contributed by atoms with Crippen molar-refractivity contribution in [1.29, 1.82) is 0 Å². The maximum atomic E-state index is 12.4. The number of carbonyl (C=O) groups excluding carboxylic acids is 1. The highest BCUT2D eigenvalue weighted by molar-refractivity contribution is 7.20. The molecule has 2 heterocycles. The number of nitrogens with one attached hydrogen (secondary N) is 1. The molecule has 0 saturated heterocycles. The first-order valence-electron chi connectivity index (χ1n) is 7.90. The fourth-order valence-electron chi connectivity index (χ4n) is 2.50. The van der Waals surface area contributed by atoms with Crippen LogP contribution < -0.4 is 11.2 Å². The minimum absolute atomic E-state index is 0.282. The van der Waals surface area contributed by atoms with E-state index in [0.29, 0.717) is 21.4 Å². The van der Waals surface area contributed by atoms with Gasteiger partial charge >= 0.3 is 0 Å². The van der Waals surface area contributed by atoms with Crippen molar-refractivity contribution < 1.29 is 4.79 Å². The number of rotatable bonds is 4. The molecule has 0 bridgehead atoms. The lowest BCUT2D eigenvalue weighted by Crippen LogP contribution is -2.17. The Bertz CT molecular complexity index is 944. The van der Waals surface area contributed by atoms with Crippen LogP contribution in [0.25, 0.3) is 10.2 Å². The van der Waals surface area contributed by atoms with Gasteiger partial charge in [-0.15, -0.1) is 11.3 Å². The lowest BCUT2D eigenvalue weighted by atomic mass is 10.0. The van der Waals surface area contributed by atoms with E-state index in [0.717, 1.165) is 16.5 Å². The second-order valence-corrected chi connectivity index (χ2v) is 7.01. The molecule has 25 heavy (non-hydrogen) atoms. The zero-order chi connectivity index (χ0) is 18.0. The fourth-order valence-corrected chi connectivity index (χ4v) is 3.55. The third-order valence-corrected chi connectivity index (χ3v) is 5.14. The number of hydrogen-bond donors (Lipinski definition) is 2. The molecule has 0 spiro atoms. The van der Waals surface area contributed by atoms with E-state index in [1.54, 1.807) is 6.21 Å². The van der Waals surface area contributed by atoms with Crippen molar-refractivity contribution in [2.75, 3.05) is 5.73 Å². The molecule has 1 amide bonds. The van der Waals surface area contributed by atoms with Gasteiger partial charge in [0.1, 0.15) is 17.0 Å². The van der Waals surface area contributed by atoms with Crippen molar-refractivity contribution in [1.82, 2.24) is 15.4 Å². The first-order valence-corrected chi connectivity index (χ1v) is 8.72. The summed E-state index contributed by atoms with van der Waals surface area (Å²) in [6, 6.07) is 8.08. The topological polar surface area (TPSA) is 93.3 Å². The molecule has 0 atom stereocenters. The Labute approximate surface area is 149 Å². The number of hydrogen-bond acceptors (Lipinski definition) is 6. The number of anilines is 1.